The largest absolute Gasteiger partial charge is 0.324 e. The Bertz CT molecular complexity index is 817. The zero-order valence-electron chi connectivity index (χ0n) is 15.2. The predicted molar refractivity (Wildman–Crippen MR) is 104 cm³/mol. The lowest BCUT2D eigenvalue weighted by molar-refractivity contribution is -0.116. The van der Waals surface area contributed by atoms with Crippen molar-refractivity contribution in [2.24, 2.45) is 17.8 Å². The minimum absolute atomic E-state index is 0.0170. The summed E-state index contributed by atoms with van der Waals surface area (Å²) in [7, 11) is 0. The number of benzene rings is 1. The molecule has 4 aliphatic carbocycles. The lowest BCUT2D eigenvalue weighted by Crippen LogP contribution is -2.59. The molecule has 1 unspecified atom stereocenters. The lowest BCUT2D eigenvalue weighted by Gasteiger charge is -2.57. The zero-order chi connectivity index (χ0) is 18.2. The number of nitrogens with zero attached hydrogens (tertiary/aromatic N) is 1. The molecule has 2 N–H and O–H groups in total. The van der Waals surface area contributed by atoms with Crippen LogP contribution in [-0.4, -0.2) is 23.1 Å². The molecule has 1 aromatic rings. The maximum atomic E-state index is 12.6. The predicted octanol–water partition coefficient (Wildman–Crippen LogP) is 4.07. The van der Waals surface area contributed by atoms with Crippen molar-refractivity contribution in [2.75, 3.05) is 11.9 Å². The van der Waals surface area contributed by atoms with Crippen LogP contribution in [0, 0.1) is 17.8 Å². The first-order chi connectivity index (χ1) is 13.1. The summed E-state index contributed by atoms with van der Waals surface area (Å²) in [5.41, 5.74) is 2.96. The number of carbonyl (C=O) groups excluding carboxylic acids is 1. The van der Waals surface area contributed by atoms with E-state index >= 15 is 0 Å². The van der Waals surface area contributed by atoms with E-state index in [2.05, 4.69) is 10.6 Å². The van der Waals surface area contributed by atoms with Crippen molar-refractivity contribution in [3.05, 3.63) is 34.5 Å². The van der Waals surface area contributed by atoms with Gasteiger partial charge in [0.25, 0.3) is 0 Å². The van der Waals surface area contributed by atoms with Crippen LogP contribution in [0.4, 0.5) is 5.69 Å². The van der Waals surface area contributed by atoms with E-state index in [1.165, 1.54) is 38.5 Å². The van der Waals surface area contributed by atoms with Crippen LogP contribution in [0.25, 0.3) is 6.08 Å². The van der Waals surface area contributed by atoms with Gasteiger partial charge in [-0.2, -0.15) is 0 Å². The molecular formula is C21H24ClN3O2. The first-order valence-electron chi connectivity index (χ1n) is 10.1. The molecule has 6 aliphatic rings. The summed E-state index contributed by atoms with van der Waals surface area (Å²) in [5.74, 6) is 2.60. The summed E-state index contributed by atoms with van der Waals surface area (Å²) in [4.78, 5) is 18.0. The molecule has 2 heterocycles. The van der Waals surface area contributed by atoms with Gasteiger partial charge in [0.1, 0.15) is 0 Å². The first-order valence-corrected chi connectivity index (χ1v) is 10.5. The third-order valence-corrected chi connectivity index (χ3v) is 7.50. The summed E-state index contributed by atoms with van der Waals surface area (Å²) in [6.45, 7) is 0.356. The van der Waals surface area contributed by atoms with Gasteiger partial charge in [-0.05, 0) is 80.1 Å². The normalized spacial score (nSPS) is 37.1. The van der Waals surface area contributed by atoms with Crippen LogP contribution in [0.3, 0.4) is 0 Å². The Morgan fingerprint density at radius 2 is 1.89 bits per heavy atom. The third-order valence-electron chi connectivity index (χ3n) is 7.18. The number of nitrogens with one attached hydrogen (secondary N) is 2. The highest BCUT2D eigenvalue weighted by molar-refractivity contribution is 6.34. The maximum absolute atomic E-state index is 12.6. The van der Waals surface area contributed by atoms with Crippen molar-refractivity contribution >= 4 is 29.3 Å². The standard InChI is InChI=1S/C21H24ClN3O2/c22-17-7-16-15(1-2-25-20(16)27-25)6-18(17)24-19(26)11-23-21-8-12-3-13(9-21)5-14(4-12)10-21/h1-2,6-7,12-14,20,23H,3-5,8-11H2,(H,24,26). The second kappa shape index (κ2) is 5.72. The molecule has 1 atom stereocenters. The fourth-order valence-electron chi connectivity index (χ4n) is 6.40. The highest BCUT2D eigenvalue weighted by Gasteiger charge is 2.50. The third kappa shape index (κ3) is 2.79. The van der Waals surface area contributed by atoms with Crippen LogP contribution in [-0.2, 0) is 9.63 Å². The van der Waals surface area contributed by atoms with Gasteiger partial charge in [0, 0.05) is 17.3 Å². The van der Waals surface area contributed by atoms with E-state index in [0.29, 0.717) is 17.3 Å². The van der Waals surface area contributed by atoms with Crippen molar-refractivity contribution in [1.29, 1.82) is 0 Å². The summed E-state index contributed by atoms with van der Waals surface area (Å²) >= 11 is 6.41. The van der Waals surface area contributed by atoms with Crippen LogP contribution in [0.5, 0.6) is 0 Å². The Morgan fingerprint density at radius 3 is 2.59 bits per heavy atom. The van der Waals surface area contributed by atoms with Crippen LogP contribution in [0.1, 0.15) is 55.9 Å². The van der Waals surface area contributed by atoms with Crippen molar-refractivity contribution in [3.63, 3.8) is 0 Å². The molecule has 2 aliphatic heterocycles. The first kappa shape index (κ1) is 16.4. The van der Waals surface area contributed by atoms with Crippen LogP contribution in [0.2, 0.25) is 5.02 Å². The van der Waals surface area contributed by atoms with E-state index in [1.54, 1.807) is 5.06 Å². The number of hydrogen-bond donors (Lipinski definition) is 2. The molecule has 142 valence electrons. The van der Waals surface area contributed by atoms with Crippen molar-refractivity contribution in [2.45, 2.75) is 50.3 Å². The molecule has 1 amide bonds. The number of rotatable bonds is 4. The van der Waals surface area contributed by atoms with Crippen LogP contribution >= 0.6 is 11.6 Å². The molecule has 1 aromatic carbocycles. The molecule has 5 nitrogen and oxygen atoms in total. The number of hydrogen-bond acceptors (Lipinski definition) is 4. The molecule has 4 bridgehead atoms. The van der Waals surface area contributed by atoms with E-state index in [-0.39, 0.29) is 17.7 Å². The average Bonchev–Trinajstić information content (AvgIpc) is 3.40. The molecule has 1 saturated heterocycles. The molecule has 27 heavy (non-hydrogen) atoms. The van der Waals surface area contributed by atoms with Crippen molar-refractivity contribution < 1.29 is 9.63 Å². The molecular weight excluding hydrogens is 362 g/mol. The van der Waals surface area contributed by atoms with Gasteiger partial charge in [-0.3, -0.25) is 4.79 Å². The minimum Gasteiger partial charge on any atom is -0.324 e. The summed E-state index contributed by atoms with van der Waals surface area (Å²) in [5, 5.41) is 8.99. The molecule has 5 fully saturated rings. The second-order valence-corrected chi connectivity index (χ2v) is 9.60. The van der Waals surface area contributed by atoms with E-state index < -0.39 is 0 Å². The summed E-state index contributed by atoms with van der Waals surface area (Å²) in [6.07, 6.45) is 11.8. The Kier molecular flexibility index (Phi) is 3.48. The van der Waals surface area contributed by atoms with Crippen molar-refractivity contribution in [3.8, 4) is 0 Å². The number of amides is 1. The Balaban J connectivity index is 1.13. The number of carbonyl (C=O) groups is 1. The monoisotopic (exact) mass is 385 g/mol. The second-order valence-electron chi connectivity index (χ2n) is 9.19. The SMILES string of the molecule is O=C(CNC12CC3CC(CC(C3)C1)C2)Nc1cc2c(cc1Cl)C1ON1C=C2. The van der Waals surface area contributed by atoms with Gasteiger partial charge in [-0.1, -0.05) is 11.6 Å². The Labute approximate surface area is 164 Å². The fraction of sp³-hybridized carbons (Fsp3) is 0.571. The highest BCUT2D eigenvalue weighted by atomic mass is 35.5. The van der Waals surface area contributed by atoms with Gasteiger partial charge >= 0.3 is 0 Å². The van der Waals surface area contributed by atoms with Gasteiger partial charge in [-0.25, -0.2) is 9.90 Å². The Morgan fingerprint density at radius 1 is 1.19 bits per heavy atom. The number of anilines is 1. The molecule has 0 spiro atoms. The average molecular weight is 386 g/mol. The molecule has 4 saturated carbocycles. The highest BCUT2D eigenvalue weighted by Crippen LogP contribution is 2.55. The zero-order valence-corrected chi connectivity index (χ0v) is 16.0. The van der Waals surface area contributed by atoms with Crippen LogP contribution < -0.4 is 10.6 Å². The van der Waals surface area contributed by atoms with E-state index in [0.717, 1.165) is 28.9 Å². The van der Waals surface area contributed by atoms with Gasteiger partial charge in [-0.15, -0.1) is 0 Å². The maximum Gasteiger partial charge on any atom is 0.238 e. The van der Waals surface area contributed by atoms with E-state index in [4.69, 9.17) is 16.4 Å². The van der Waals surface area contributed by atoms with Crippen LogP contribution in [0.15, 0.2) is 18.3 Å². The lowest BCUT2D eigenvalue weighted by atomic mass is 9.53. The molecule has 7 rings (SSSR count). The van der Waals surface area contributed by atoms with Crippen molar-refractivity contribution in [1.82, 2.24) is 10.4 Å². The minimum atomic E-state index is -0.0231. The fourth-order valence-corrected chi connectivity index (χ4v) is 6.62. The topological polar surface area (TPSA) is 56.7 Å². The smallest absolute Gasteiger partial charge is 0.238 e. The molecule has 0 radical (unpaired) electrons. The summed E-state index contributed by atoms with van der Waals surface area (Å²) in [6, 6.07) is 3.84. The number of fused-ring (bicyclic) bond motifs is 3. The Hall–Kier alpha value is -1.56. The molecule has 0 aromatic heterocycles. The molecule has 6 heteroatoms. The number of hydroxylamine groups is 2. The summed E-state index contributed by atoms with van der Waals surface area (Å²) < 4.78 is 0. The van der Waals surface area contributed by atoms with E-state index in [1.807, 2.05) is 24.4 Å². The quantitative estimate of drug-likeness (QED) is 0.767. The van der Waals surface area contributed by atoms with Gasteiger partial charge in [0.15, 0.2) is 0 Å². The van der Waals surface area contributed by atoms with E-state index in [9.17, 15) is 4.79 Å². The van der Waals surface area contributed by atoms with Gasteiger partial charge in [0.05, 0.1) is 17.3 Å². The van der Waals surface area contributed by atoms with Gasteiger partial charge < -0.3 is 10.6 Å². The van der Waals surface area contributed by atoms with Gasteiger partial charge in [0.2, 0.25) is 12.1 Å². The number of halogens is 1.